The highest BCUT2D eigenvalue weighted by Gasteiger charge is 2.37. The molecule has 1 aromatic carbocycles. The Kier molecular flexibility index (Phi) is 5.81. The maximum Gasteiger partial charge on any atom is 0.182 e. The van der Waals surface area contributed by atoms with Crippen molar-refractivity contribution in [1.82, 2.24) is 0 Å². The van der Waals surface area contributed by atoms with E-state index < -0.39 is 0 Å². The lowest BCUT2D eigenvalue weighted by molar-refractivity contribution is 0.465. The van der Waals surface area contributed by atoms with Gasteiger partial charge < -0.3 is 0 Å². The molecular weight excluding hydrogens is 263 g/mol. The monoisotopic (exact) mass is 294 g/mol. The summed E-state index contributed by atoms with van der Waals surface area (Å²) in [6, 6.07) is 11.2. The smallest absolute Gasteiger partial charge is 0.0926 e. The number of hydrogen-bond acceptors (Lipinski definition) is 0. The second-order valence-electron chi connectivity index (χ2n) is 7.43. The van der Waals surface area contributed by atoms with Gasteiger partial charge in [-0.25, -0.2) is 0 Å². The predicted octanol–water partition coefficient (Wildman–Crippen LogP) is 6.79. The van der Waals surface area contributed by atoms with Crippen molar-refractivity contribution in [2.24, 2.45) is 0 Å². The van der Waals surface area contributed by atoms with Crippen molar-refractivity contribution in [3.63, 3.8) is 0 Å². The number of allylic oxidation sites excluding steroid dienone is 1. The average molecular weight is 294 g/mol. The van der Waals surface area contributed by atoms with Gasteiger partial charge in [0.1, 0.15) is 0 Å². The lowest BCUT2D eigenvalue weighted by Gasteiger charge is -2.37. The Bertz CT molecular complexity index is 446. The van der Waals surface area contributed by atoms with E-state index in [1.165, 1.54) is 69.8 Å². The third-order valence-electron chi connectivity index (χ3n) is 6.09. The molecule has 2 saturated carbocycles. The molecule has 2 aliphatic carbocycles. The lowest BCUT2D eigenvalue weighted by atomic mass is 9.26. The second kappa shape index (κ2) is 8.04. The summed E-state index contributed by atoms with van der Waals surface area (Å²) < 4.78 is 0. The molecule has 2 fully saturated rings. The van der Waals surface area contributed by atoms with Crippen molar-refractivity contribution in [2.75, 3.05) is 0 Å². The Morgan fingerprint density at radius 2 is 1.32 bits per heavy atom. The quantitative estimate of drug-likeness (QED) is 0.536. The summed E-state index contributed by atoms with van der Waals surface area (Å²) in [5.74, 6) is 1.87. The zero-order valence-corrected chi connectivity index (χ0v) is 14.3. The Labute approximate surface area is 137 Å². The molecule has 0 atom stereocenters. The van der Waals surface area contributed by atoms with Crippen LogP contribution in [-0.2, 0) is 0 Å². The zero-order valence-electron chi connectivity index (χ0n) is 14.3. The van der Waals surface area contributed by atoms with Gasteiger partial charge in [-0.3, -0.25) is 0 Å². The van der Waals surface area contributed by atoms with Gasteiger partial charge in [0.05, 0.1) is 0 Å². The Morgan fingerprint density at radius 3 is 1.77 bits per heavy atom. The molecule has 1 aromatic rings. The molecule has 2 aliphatic rings. The van der Waals surface area contributed by atoms with Gasteiger partial charge in [-0.15, -0.1) is 0 Å². The fraction of sp³-hybridized carbons (Fsp3) is 0.619. The largest absolute Gasteiger partial charge is 0.182 e. The van der Waals surface area contributed by atoms with Crippen molar-refractivity contribution in [3.05, 3.63) is 42.0 Å². The van der Waals surface area contributed by atoms with E-state index in [0.717, 1.165) is 18.3 Å². The van der Waals surface area contributed by atoms with E-state index in [9.17, 15) is 0 Å². The van der Waals surface area contributed by atoms with Gasteiger partial charge >= 0.3 is 0 Å². The highest BCUT2D eigenvalue weighted by molar-refractivity contribution is 6.81. The summed E-state index contributed by atoms with van der Waals surface area (Å²) >= 11 is 0. The molecule has 0 heterocycles. The molecule has 22 heavy (non-hydrogen) atoms. The van der Waals surface area contributed by atoms with Gasteiger partial charge in [0.25, 0.3) is 0 Å². The highest BCUT2D eigenvalue weighted by atomic mass is 14.2. The van der Waals surface area contributed by atoms with Crippen LogP contribution in [0.15, 0.2) is 36.4 Å². The molecule has 0 N–H and O–H groups in total. The van der Waals surface area contributed by atoms with E-state index >= 15 is 0 Å². The van der Waals surface area contributed by atoms with Crippen molar-refractivity contribution in [3.8, 4) is 0 Å². The van der Waals surface area contributed by atoms with E-state index in [0.29, 0.717) is 0 Å². The van der Waals surface area contributed by atoms with Crippen LogP contribution in [0.3, 0.4) is 0 Å². The van der Waals surface area contributed by atoms with Crippen molar-refractivity contribution in [1.29, 1.82) is 0 Å². The van der Waals surface area contributed by atoms with Gasteiger partial charge in [-0.2, -0.15) is 0 Å². The first-order valence-corrected chi connectivity index (χ1v) is 9.62. The van der Waals surface area contributed by atoms with Crippen LogP contribution in [0, 0.1) is 0 Å². The molecule has 0 amide bonds. The molecule has 118 valence electrons. The molecule has 0 bridgehead atoms. The van der Waals surface area contributed by atoms with E-state index in [-0.39, 0.29) is 0 Å². The van der Waals surface area contributed by atoms with Crippen molar-refractivity contribution in [2.45, 2.75) is 82.8 Å². The van der Waals surface area contributed by atoms with Crippen LogP contribution >= 0.6 is 0 Å². The molecule has 1 heteroatoms. The second-order valence-corrected chi connectivity index (χ2v) is 7.43. The lowest BCUT2D eigenvalue weighted by Crippen LogP contribution is -2.32. The Hall–Kier alpha value is -0.975. The molecular formula is C21H31B. The first-order chi connectivity index (χ1) is 10.9. The van der Waals surface area contributed by atoms with Gasteiger partial charge in [-0.05, 0) is 12.5 Å². The minimum atomic E-state index is 0.813. The SMILES string of the molecule is C/C=C(/B(C1CCCCC1)C1CCCCC1)c1ccccc1. The Balaban J connectivity index is 1.88. The first kappa shape index (κ1) is 15.9. The minimum Gasteiger partial charge on any atom is -0.0926 e. The molecule has 0 spiro atoms. The van der Waals surface area contributed by atoms with Crippen LogP contribution in [0.1, 0.15) is 76.7 Å². The van der Waals surface area contributed by atoms with Gasteiger partial charge in [0, 0.05) is 0 Å². The first-order valence-electron chi connectivity index (χ1n) is 9.62. The van der Waals surface area contributed by atoms with Gasteiger partial charge in [0.2, 0.25) is 0 Å². The summed E-state index contributed by atoms with van der Waals surface area (Å²) in [6.45, 7) is 3.08. The summed E-state index contributed by atoms with van der Waals surface area (Å²) in [7, 11) is 0. The highest BCUT2D eigenvalue weighted by Crippen LogP contribution is 2.46. The predicted molar refractivity (Wildman–Crippen MR) is 99.5 cm³/mol. The Morgan fingerprint density at radius 1 is 0.818 bits per heavy atom. The summed E-state index contributed by atoms with van der Waals surface area (Å²) in [5, 5.41) is 0. The fourth-order valence-corrected chi connectivity index (χ4v) is 5.06. The van der Waals surface area contributed by atoms with Crippen LogP contribution < -0.4 is 0 Å². The van der Waals surface area contributed by atoms with Crippen LogP contribution in [-0.4, -0.2) is 6.71 Å². The molecule has 0 radical (unpaired) electrons. The third kappa shape index (κ3) is 3.67. The molecule has 0 unspecified atom stereocenters. The van der Waals surface area contributed by atoms with Crippen LogP contribution in [0.4, 0.5) is 0 Å². The molecule has 0 aromatic heterocycles. The topological polar surface area (TPSA) is 0 Å². The maximum absolute atomic E-state index is 2.43. The summed E-state index contributed by atoms with van der Waals surface area (Å²) in [6.07, 6.45) is 17.0. The van der Waals surface area contributed by atoms with Crippen LogP contribution in [0.5, 0.6) is 0 Å². The average Bonchev–Trinajstić information content (AvgIpc) is 2.62. The standard InChI is InChI=1S/C21H31B/c1-2-21(18-12-6-3-7-13-18)22(19-14-8-4-9-15-19)20-16-10-5-11-17-20/h2-3,6-7,12-13,19-20H,4-5,8-11,14-17H2,1H3/b21-2+. The van der Waals surface area contributed by atoms with Crippen molar-refractivity contribution < 1.29 is 0 Å². The van der Waals surface area contributed by atoms with E-state index in [2.05, 4.69) is 43.3 Å². The zero-order chi connectivity index (χ0) is 15.2. The minimum absolute atomic E-state index is 0.813. The van der Waals surface area contributed by atoms with Crippen molar-refractivity contribution >= 4 is 12.2 Å². The fourth-order valence-electron chi connectivity index (χ4n) is 5.06. The van der Waals surface area contributed by atoms with Crippen LogP contribution in [0.25, 0.3) is 5.47 Å². The summed E-state index contributed by atoms with van der Waals surface area (Å²) in [5.41, 5.74) is 3.13. The molecule has 0 saturated heterocycles. The third-order valence-corrected chi connectivity index (χ3v) is 6.09. The number of hydrogen-bond donors (Lipinski definition) is 0. The van der Waals surface area contributed by atoms with E-state index in [1.54, 1.807) is 5.47 Å². The molecule has 0 aliphatic heterocycles. The molecule has 0 nitrogen and oxygen atoms in total. The van der Waals surface area contributed by atoms with E-state index in [1.807, 2.05) is 0 Å². The number of rotatable bonds is 4. The molecule has 3 rings (SSSR count). The van der Waals surface area contributed by atoms with Gasteiger partial charge in [0.15, 0.2) is 6.71 Å². The maximum atomic E-state index is 2.43. The summed E-state index contributed by atoms with van der Waals surface area (Å²) in [4.78, 5) is 0. The van der Waals surface area contributed by atoms with E-state index in [4.69, 9.17) is 0 Å². The van der Waals surface area contributed by atoms with Crippen LogP contribution in [0.2, 0.25) is 11.6 Å². The number of benzene rings is 1. The normalized spacial score (nSPS) is 21.8. The van der Waals surface area contributed by atoms with Gasteiger partial charge in [-0.1, -0.05) is 118 Å².